The van der Waals surface area contributed by atoms with Crippen molar-refractivity contribution in [3.05, 3.63) is 72.3 Å². The Morgan fingerprint density at radius 3 is 2.39 bits per heavy atom. The van der Waals surface area contributed by atoms with E-state index >= 15 is 0 Å². The number of carbonyl (C=O) groups excluding carboxylic acids is 2. The van der Waals surface area contributed by atoms with Crippen LogP contribution in [0.2, 0.25) is 0 Å². The Hall–Kier alpha value is -3.14. The van der Waals surface area contributed by atoms with Crippen LogP contribution in [0, 0.1) is 5.92 Å². The molecule has 31 heavy (non-hydrogen) atoms. The number of methoxy groups -OCH3 is 1. The lowest BCUT2D eigenvalue weighted by atomic mass is 9.84. The molecule has 4 rings (SSSR count). The third-order valence-corrected chi connectivity index (χ3v) is 6.34. The molecule has 0 spiro atoms. The quantitative estimate of drug-likeness (QED) is 0.522. The van der Waals surface area contributed by atoms with Crippen LogP contribution in [0.25, 0.3) is 21.9 Å². The summed E-state index contributed by atoms with van der Waals surface area (Å²) >= 11 is 0. The van der Waals surface area contributed by atoms with Crippen LogP contribution in [0.1, 0.15) is 48.9 Å². The second-order valence-corrected chi connectivity index (χ2v) is 8.36. The van der Waals surface area contributed by atoms with Gasteiger partial charge in [0.15, 0.2) is 0 Å². The summed E-state index contributed by atoms with van der Waals surface area (Å²) in [4.78, 5) is 25.8. The topological polar surface area (TPSA) is 55.4 Å². The summed E-state index contributed by atoms with van der Waals surface area (Å²) in [5.41, 5.74) is 2.43. The van der Waals surface area contributed by atoms with Gasteiger partial charge >= 0.3 is 5.97 Å². The molecule has 0 heterocycles. The number of hydrogen-bond donors (Lipinski definition) is 1. The molecule has 4 heteroatoms. The first-order chi connectivity index (χ1) is 15.2. The van der Waals surface area contributed by atoms with E-state index in [1.54, 1.807) is 0 Å². The summed E-state index contributed by atoms with van der Waals surface area (Å²) in [5.74, 6) is -0.164. The van der Waals surface area contributed by atoms with Crippen LogP contribution in [0.4, 0.5) is 0 Å². The van der Waals surface area contributed by atoms with Gasteiger partial charge in [-0.05, 0) is 40.3 Å². The number of esters is 1. The normalized spacial score (nSPS) is 15.4. The monoisotopic (exact) mass is 415 g/mol. The van der Waals surface area contributed by atoms with Crippen LogP contribution in [0.3, 0.4) is 0 Å². The number of fused-ring (bicyclic) bond motifs is 1. The smallest absolute Gasteiger partial charge is 0.328 e. The fraction of sp³-hybridized carbons (Fsp3) is 0.333. The van der Waals surface area contributed by atoms with Crippen LogP contribution in [0.15, 0.2) is 66.7 Å². The largest absolute Gasteiger partial charge is 0.467 e. The first-order valence-corrected chi connectivity index (χ1v) is 11.1. The molecule has 0 saturated heterocycles. The van der Waals surface area contributed by atoms with Crippen molar-refractivity contribution in [3.63, 3.8) is 0 Å². The number of benzene rings is 3. The van der Waals surface area contributed by atoms with Gasteiger partial charge in [0.05, 0.1) is 7.11 Å². The zero-order valence-electron chi connectivity index (χ0n) is 18.0. The number of nitrogens with one attached hydrogen (secondary N) is 1. The lowest BCUT2D eigenvalue weighted by molar-refractivity contribution is -0.143. The first kappa shape index (κ1) is 21.1. The molecule has 3 aromatic carbocycles. The fourth-order valence-electron chi connectivity index (χ4n) is 4.72. The Kier molecular flexibility index (Phi) is 6.66. The molecule has 1 aliphatic carbocycles. The highest BCUT2D eigenvalue weighted by molar-refractivity contribution is 6.06. The van der Waals surface area contributed by atoms with Gasteiger partial charge in [-0.1, -0.05) is 92.8 Å². The highest BCUT2D eigenvalue weighted by atomic mass is 16.5. The van der Waals surface area contributed by atoms with Gasteiger partial charge < -0.3 is 10.1 Å². The summed E-state index contributed by atoms with van der Waals surface area (Å²) in [6.07, 6.45) is 6.48. The molecule has 160 valence electrons. The van der Waals surface area contributed by atoms with Gasteiger partial charge in [-0.3, -0.25) is 4.79 Å². The zero-order chi connectivity index (χ0) is 21.6. The van der Waals surface area contributed by atoms with E-state index in [4.69, 9.17) is 4.74 Å². The Morgan fingerprint density at radius 1 is 0.903 bits per heavy atom. The second-order valence-electron chi connectivity index (χ2n) is 8.36. The second kappa shape index (κ2) is 9.78. The van der Waals surface area contributed by atoms with Crippen molar-refractivity contribution in [2.75, 3.05) is 7.11 Å². The highest BCUT2D eigenvalue weighted by Gasteiger charge is 2.27. The minimum atomic E-state index is -0.624. The summed E-state index contributed by atoms with van der Waals surface area (Å²) in [6.45, 7) is 0. The van der Waals surface area contributed by atoms with Crippen LogP contribution in [-0.2, 0) is 9.53 Å². The number of hydrogen-bond acceptors (Lipinski definition) is 3. The van der Waals surface area contributed by atoms with E-state index in [1.165, 1.54) is 26.4 Å². The molecule has 1 fully saturated rings. The molecule has 1 aliphatic rings. The number of rotatable bonds is 6. The molecule has 0 bridgehead atoms. The predicted octanol–water partition coefficient (Wildman–Crippen LogP) is 5.75. The van der Waals surface area contributed by atoms with Gasteiger partial charge in [-0.15, -0.1) is 0 Å². The van der Waals surface area contributed by atoms with Crippen molar-refractivity contribution in [3.8, 4) is 11.1 Å². The van der Waals surface area contributed by atoms with Crippen molar-refractivity contribution in [2.24, 2.45) is 5.92 Å². The lowest BCUT2D eigenvalue weighted by Crippen LogP contribution is -2.43. The van der Waals surface area contributed by atoms with Crippen molar-refractivity contribution in [2.45, 2.75) is 44.6 Å². The highest BCUT2D eigenvalue weighted by Crippen LogP contribution is 2.32. The van der Waals surface area contributed by atoms with Crippen LogP contribution in [0.5, 0.6) is 0 Å². The molecule has 0 radical (unpaired) electrons. The van der Waals surface area contributed by atoms with Crippen molar-refractivity contribution < 1.29 is 14.3 Å². The number of carbonyl (C=O) groups is 2. The molecule has 4 nitrogen and oxygen atoms in total. The van der Waals surface area contributed by atoms with Gasteiger partial charge in [-0.25, -0.2) is 4.79 Å². The minimum Gasteiger partial charge on any atom is -0.467 e. The maximum absolute atomic E-state index is 13.3. The zero-order valence-corrected chi connectivity index (χ0v) is 18.0. The van der Waals surface area contributed by atoms with Crippen LogP contribution < -0.4 is 5.32 Å². The maximum Gasteiger partial charge on any atom is 0.328 e. The molecule has 0 unspecified atom stereocenters. The molecule has 1 atom stereocenters. The van der Waals surface area contributed by atoms with Gasteiger partial charge in [-0.2, -0.15) is 0 Å². The van der Waals surface area contributed by atoms with Gasteiger partial charge in [0, 0.05) is 5.56 Å². The van der Waals surface area contributed by atoms with Gasteiger partial charge in [0.2, 0.25) is 0 Å². The van der Waals surface area contributed by atoms with Gasteiger partial charge in [0.25, 0.3) is 5.91 Å². The molecular formula is C27H29NO3. The van der Waals surface area contributed by atoms with Crippen molar-refractivity contribution >= 4 is 22.6 Å². The molecule has 0 aromatic heterocycles. The van der Waals surface area contributed by atoms with E-state index in [0.29, 0.717) is 17.9 Å². The third kappa shape index (κ3) is 4.79. The van der Waals surface area contributed by atoms with Gasteiger partial charge in [0.1, 0.15) is 6.04 Å². The minimum absolute atomic E-state index is 0.241. The summed E-state index contributed by atoms with van der Waals surface area (Å²) < 4.78 is 5.01. The van der Waals surface area contributed by atoms with E-state index in [9.17, 15) is 9.59 Å². The van der Waals surface area contributed by atoms with Crippen LogP contribution in [-0.4, -0.2) is 25.0 Å². The van der Waals surface area contributed by atoms with Crippen molar-refractivity contribution in [1.29, 1.82) is 0 Å². The van der Waals surface area contributed by atoms with Crippen molar-refractivity contribution in [1.82, 2.24) is 5.32 Å². The van der Waals surface area contributed by atoms with E-state index in [2.05, 4.69) is 23.5 Å². The Morgan fingerprint density at radius 2 is 1.58 bits per heavy atom. The molecular weight excluding hydrogens is 386 g/mol. The van der Waals surface area contributed by atoms with E-state index in [1.807, 2.05) is 48.5 Å². The molecule has 1 N–H and O–H groups in total. The Balaban J connectivity index is 1.63. The fourth-order valence-corrected chi connectivity index (χ4v) is 4.72. The predicted molar refractivity (Wildman–Crippen MR) is 124 cm³/mol. The maximum atomic E-state index is 13.3. The average Bonchev–Trinajstić information content (AvgIpc) is 2.83. The van der Waals surface area contributed by atoms with E-state index in [0.717, 1.165) is 34.7 Å². The molecule has 3 aromatic rings. The molecule has 0 aliphatic heterocycles. The lowest BCUT2D eigenvalue weighted by Gasteiger charge is -2.26. The molecule has 1 amide bonds. The average molecular weight is 416 g/mol. The summed E-state index contributed by atoms with van der Waals surface area (Å²) in [5, 5.41) is 5.20. The standard InChI is InChI=1S/C27H29NO3/c1-31-27(30)25(18-19-10-3-2-4-11-19)28-26(29)24-16-8-7-15-23(24)22-17-9-13-20-12-5-6-14-21(20)22/h5-9,12-17,19,25H,2-4,10-11,18H2,1H3,(H,28,29)/t25-/m0/s1. The van der Waals surface area contributed by atoms with Crippen LogP contribution >= 0.6 is 0 Å². The summed E-state index contributed by atoms with van der Waals surface area (Å²) in [6, 6.07) is 21.2. The van der Waals surface area contributed by atoms with E-state index in [-0.39, 0.29) is 11.9 Å². The SMILES string of the molecule is COC(=O)[C@H](CC1CCCCC1)NC(=O)c1ccccc1-c1cccc2ccccc12. The Bertz CT molecular complexity index is 1060. The Labute approximate surface area is 183 Å². The summed E-state index contributed by atoms with van der Waals surface area (Å²) in [7, 11) is 1.38. The number of amides is 1. The number of ether oxygens (including phenoxy) is 1. The molecule has 1 saturated carbocycles. The van der Waals surface area contributed by atoms with E-state index < -0.39 is 6.04 Å². The third-order valence-electron chi connectivity index (χ3n) is 6.34. The first-order valence-electron chi connectivity index (χ1n) is 11.1.